The highest BCUT2D eigenvalue weighted by Crippen LogP contribution is 2.21. The first-order valence-corrected chi connectivity index (χ1v) is 6.46. The molecule has 2 aromatic rings. The van der Waals surface area contributed by atoms with E-state index in [-0.39, 0.29) is 6.04 Å². The number of hydrogen-bond donors (Lipinski definition) is 1. The number of nitrogens with zero attached hydrogens (tertiary/aromatic N) is 3. The monoisotopic (exact) mass is 260 g/mol. The summed E-state index contributed by atoms with van der Waals surface area (Å²) >= 11 is 0. The van der Waals surface area contributed by atoms with E-state index in [4.69, 9.17) is 10.3 Å². The van der Waals surface area contributed by atoms with Gasteiger partial charge in [0.2, 0.25) is 0 Å². The number of anilines is 1. The zero-order valence-electron chi connectivity index (χ0n) is 11.6. The number of aromatic nitrogens is 2. The van der Waals surface area contributed by atoms with Gasteiger partial charge in [-0.25, -0.2) is 0 Å². The number of hydrogen-bond acceptors (Lipinski definition) is 5. The fourth-order valence-corrected chi connectivity index (χ4v) is 1.74. The Balaban J connectivity index is 2.13. The molecule has 0 aliphatic carbocycles. The summed E-state index contributed by atoms with van der Waals surface area (Å²) in [6.45, 7) is 2.05. The van der Waals surface area contributed by atoms with Crippen LogP contribution in [0.5, 0.6) is 0 Å². The van der Waals surface area contributed by atoms with Crippen molar-refractivity contribution in [2.75, 3.05) is 19.0 Å². The first-order valence-electron chi connectivity index (χ1n) is 6.46. The van der Waals surface area contributed by atoms with Crippen LogP contribution in [-0.4, -0.2) is 30.3 Å². The van der Waals surface area contributed by atoms with Crippen molar-refractivity contribution >= 4 is 5.69 Å². The highest BCUT2D eigenvalue weighted by molar-refractivity contribution is 5.58. The predicted octanol–water partition coefficient (Wildman–Crippen LogP) is 2.08. The van der Waals surface area contributed by atoms with Gasteiger partial charge in [-0.2, -0.15) is 4.98 Å². The number of rotatable bonds is 5. The first-order chi connectivity index (χ1) is 9.10. The minimum absolute atomic E-state index is 0.0848. The number of nitrogens with two attached hydrogens (primary N) is 1. The van der Waals surface area contributed by atoms with Gasteiger partial charge in [-0.3, -0.25) is 0 Å². The molecule has 1 aromatic carbocycles. The molecule has 0 amide bonds. The molecule has 1 unspecified atom stereocenters. The molecule has 5 heteroatoms. The Morgan fingerprint density at radius 2 is 1.95 bits per heavy atom. The van der Waals surface area contributed by atoms with E-state index >= 15 is 0 Å². The van der Waals surface area contributed by atoms with Crippen molar-refractivity contribution in [3.8, 4) is 11.5 Å². The summed E-state index contributed by atoms with van der Waals surface area (Å²) in [5.74, 6) is 1.21. The van der Waals surface area contributed by atoms with Gasteiger partial charge in [0.1, 0.15) is 0 Å². The molecule has 0 fully saturated rings. The van der Waals surface area contributed by atoms with E-state index in [9.17, 15) is 0 Å². The van der Waals surface area contributed by atoms with Crippen LogP contribution in [0.3, 0.4) is 0 Å². The van der Waals surface area contributed by atoms with Crippen LogP contribution < -0.4 is 10.6 Å². The van der Waals surface area contributed by atoms with Gasteiger partial charge in [0, 0.05) is 37.8 Å². The van der Waals surface area contributed by atoms with Gasteiger partial charge in [0.15, 0.2) is 5.82 Å². The molecule has 5 nitrogen and oxygen atoms in total. The lowest BCUT2D eigenvalue weighted by atomic mass is 10.1. The maximum absolute atomic E-state index is 5.88. The molecule has 102 valence electrons. The van der Waals surface area contributed by atoms with Gasteiger partial charge >= 0.3 is 0 Å². The molecule has 2 rings (SSSR count). The van der Waals surface area contributed by atoms with Gasteiger partial charge in [-0.1, -0.05) is 12.1 Å². The molecule has 0 bridgehead atoms. The second-order valence-electron chi connectivity index (χ2n) is 4.83. The minimum atomic E-state index is 0.0848. The van der Waals surface area contributed by atoms with E-state index < -0.39 is 0 Å². The minimum Gasteiger partial charge on any atom is -0.378 e. The summed E-state index contributed by atoms with van der Waals surface area (Å²) in [6.07, 6.45) is 1.55. The molecule has 0 radical (unpaired) electrons. The topological polar surface area (TPSA) is 68.2 Å². The zero-order valence-corrected chi connectivity index (χ0v) is 11.6. The Bertz CT molecular complexity index is 518. The van der Waals surface area contributed by atoms with Crippen LogP contribution in [0.15, 0.2) is 28.8 Å². The van der Waals surface area contributed by atoms with E-state index in [1.54, 1.807) is 0 Å². The van der Waals surface area contributed by atoms with Gasteiger partial charge in [0.25, 0.3) is 5.89 Å². The van der Waals surface area contributed by atoms with Crippen LogP contribution in [0.2, 0.25) is 0 Å². The first kappa shape index (κ1) is 13.5. The summed E-state index contributed by atoms with van der Waals surface area (Å²) in [5, 5.41) is 3.96. The van der Waals surface area contributed by atoms with Gasteiger partial charge in [-0.15, -0.1) is 0 Å². The summed E-state index contributed by atoms with van der Waals surface area (Å²) < 4.78 is 5.27. The van der Waals surface area contributed by atoms with E-state index in [2.05, 4.69) is 10.1 Å². The van der Waals surface area contributed by atoms with Crippen molar-refractivity contribution in [3.05, 3.63) is 30.1 Å². The Morgan fingerprint density at radius 1 is 1.26 bits per heavy atom. The molecule has 0 saturated heterocycles. The van der Waals surface area contributed by atoms with Crippen LogP contribution in [0.25, 0.3) is 11.5 Å². The lowest BCUT2D eigenvalue weighted by Gasteiger charge is -2.11. The molecule has 1 atom stereocenters. The molecular weight excluding hydrogens is 240 g/mol. The fraction of sp³-hybridized carbons (Fsp3) is 0.429. The van der Waals surface area contributed by atoms with E-state index in [0.717, 1.165) is 17.7 Å². The second-order valence-corrected chi connectivity index (χ2v) is 4.83. The Labute approximate surface area is 113 Å². The van der Waals surface area contributed by atoms with Crippen LogP contribution >= 0.6 is 0 Å². The van der Waals surface area contributed by atoms with Crippen molar-refractivity contribution in [2.45, 2.75) is 25.8 Å². The van der Waals surface area contributed by atoms with Crippen LogP contribution in [0.4, 0.5) is 5.69 Å². The largest absolute Gasteiger partial charge is 0.378 e. The SMILES string of the molecule is CCC(N)Cc1noc(-c2ccc(N(C)C)cc2)n1. The molecule has 19 heavy (non-hydrogen) atoms. The molecule has 1 aromatic heterocycles. The maximum atomic E-state index is 5.88. The summed E-state index contributed by atoms with van der Waals surface area (Å²) in [5.41, 5.74) is 7.94. The van der Waals surface area contributed by atoms with Crippen molar-refractivity contribution < 1.29 is 4.52 Å². The molecule has 2 N–H and O–H groups in total. The molecule has 0 saturated carbocycles. The molecule has 0 spiro atoms. The maximum Gasteiger partial charge on any atom is 0.257 e. The Morgan fingerprint density at radius 3 is 2.53 bits per heavy atom. The van der Waals surface area contributed by atoms with Gasteiger partial charge in [0.05, 0.1) is 0 Å². The lowest BCUT2D eigenvalue weighted by molar-refractivity contribution is 0.419. The molecule has 0 aliphatic rings. The third-order valence-electron chi connectivity index (χ3n) is 3.07. The highest BCUT2D eigenvalue weighted by atomic mass is 16.5. The van der Waals surface area contributed by atoms with Crippen molar-refractivity contribution in [3.63, 3.8) is 0 Å². The van der Waals surface area contributed by atoms with E-state index in [1.165, 1.54) is 0 Å². The Kier molecular flexibility index (Phi) is 4.16. The normalized spacial score (nSPS) is 12.4. The standard InChI is InChI=1S/C14H20N4O/c1-4-11(15)9-13-16-14(19-17-13)10-5-7-12(8-6-10)18(2)3/h5-8,11H,4,9,15H2,1-3H3. The number of benzene rings is 1. The van der Waals surface area contributed by atoms with Crippen LogP contribution in [0, 0.1) is 0 Å². The molecule has 1 heterocycles. The van der Waals surface area contributed by atoms with Crippen molar-refractivity contribution in [1.29, 1.82) is 0 Å². The summed E-state index contributed by atoms with van der Waals surface area (Å²) in [4.78, 5) is 6.42. The zero-order chi connectivity index (χ0) is 13.8. The van der Waals surface area contributed by atoms with E-state index in [0.29, 0.717) is 18.1 Å². The van der Waals surface area contributed by atoms with Crippen LogP contribution in [-0.2, 0) is 6.42 Å². The van der Waals surface area contributed by atoms with Crippen molar-refractivity contribution in [1.82, 2.24) is 10.1 Å². The molecular formula is C14H20N4O. The smallest absolute Gasteiger partial charge is 0.257 e. The third kappa shape index (κ3) is 3.32. The lowest BCUT2D eigenvalue weighted by Crippen LogP contribution is -2.21. The second kappa shape index (κ2) is 5.84. The molecule has 0 aliphatic heterocycles. The quantitative estimate of drug-likeness (QED) is 0.891. The third-order valence-corrected chi connectivity index (χ3v) is 3.07. The van der Waals surface area contributed by atoms with Crippen molar-refractivity contribution in [2.24, 2.45) is 5.73 Å². The average molecular weight is 260 g/mol. The van der Waals surface area contributed by atoms with Gasteiger partial charge < -0.3 is 15.2 Å². The van der Waals surface area contributed by atoms with Gasteiger partial charge in [-0.05, 0) is 30.7 Å². The average Bonchev–Trinajstić information content (AvgIpc) is 2.87. The van der Waals surface area contributed by atoms with E-state index in [1.807, 2.05) is 50.2 Å². The van der Waals surface area contributed by atoms with Crippen LogP contribution in [0.1, 0.15) is 19.2 Å². The highest BCUT2D eigenvalue weighted by Gasteiger charge is 2.11. The predicted molar refractivity (Wildman–Crippen MR) is 76.0 cm³/mol. The fourth-order valence-electron chi connectivity index (χ4n) is 1.74. The summed E-state index contributed by atoms with van der Waals surface area (Å²) in [7, 11) is 4.01. The summed E-state index contributed by atoms with van der Waals surface area (Å²) in [6, 6.07) is 8.09. The Hall–Kier alpha value is -1.88.